The molecule has 4 rings (SSSR count). The lowest BCUT2D eigenvalue weighted by Gasteiger charge is -2.36. The smallest absolute Gasteiger partial charge is 0.179 e. The van der Waals surface area contributed by atoms with Gasteiger partial charge in [-0.3, -0.25) is 4.90 Å². The van der Waals surface area contributed by atoms with Crippen molar-refractivity contribution in [2.45, 2.75) is 36.8 Å². The van der Waals surface area contributed by atoms with Gasteiger partial charge in [0, 0.05) is 30.1 Å². The van der Waals surface area contributed by atoms with E-state index < -0.39 is 0 Å². The molecule has 3 aromatic rings. The number of benzene rings is 2. The lowest BCUT2D eigenvalue weighted by atomic mass is 10.0. The molecular formula is C22H24ClN3O2S. The Morgan fingerprint density at radius 2 is 1.97 bits per heavy atom. The monoisotopic (exact) mass is 429 g/mol. The van der Waals surface area contributed by atoms with Crippen LogP contribution < -0.4 is 9.46 Å². The number of hydrogen-bond donors (Lipinski definition) is 1. The second-order valence-corrected chi connectivity index (χ2v) is 8.41. The quantitative estimate of drug-likeness (QED) is 0.461. The number of piperidine rings is 1. The molecule has 1 saturated heterocycles. The zero-order valence-corrected chi connectivity index (χ0v) is 17.8. The summed E-state index contributed by atoms with van der Waals surface area (Å²) in [6.07, 6.45) is 3.72. The second kappa shape index (κ2) is 9.57. The molecule has 5 nitrogen and oxygen atoms in total. The molecule has 0 amide bonds. The van der Waals surface area contributed by atoms with E-state index in [1.165, 1.54) is 23.8 Å². The van der Waals surface area contributed by atoms with Crippen LogP contribution in [0, 0.1) is 0 Å². The number of nitrogens with zero attached hydrogens (tertiary/aromatic N) is 2. The highest BCUT2D eigenvalue weighted by Crippen LogP contribution is 2.33. The van der Waals surface area contributed by atoms with Gasteiger partial charge in [-0.05, 0) is 55.5 Å². The molecule has 0 bridgehead atoms. The Balaban J connectivity index is 1.29. The van der Waals surface area contributed by atoms with Gasteiger partial charge in [-0.1, -0.05) is 47.1 Å². The van der Waals surface area contributed by atoms with Crippen LogP contribution in [0.15, 0.2) is 70.3 Å². The van der Waals surface area contributed by atoms with Gasteiger partial charge >= 0.3 is 0 Å². The molecule has 1 N–H and O–H groups in total. The molecule has 1 fully saturated rings. The fourth-order valence-electron chi connectivity index (χ4n) is 3.52. The molecule has 2 heterocycles. The third-order valence-corrected chi connectivity index (χ3v) is 6.31. The standard InChI is InChI=1S/C22H24ClN3O2S/c1-16(17-5-3-2-4-6-17)26-12-9-18(10-13-26)28-21-8-7-19(15-20(21)23)29-25-22-11-14-27-24-22/h2-8,11,14-16,18H,9-10,12-13H2,1H3,(H,24,25). The second-order valence-electron chi connectivity index (χ2n) is 7.12. The Kier molecular flexibility index (Phi) is 6.64. The Bertz CT molecular complexity index is 900. The van der Waals surface area contributed by atoms with E-state index in [1.807, 2.05) is 18.2 Å². The minimum absolute atomic E-state index is 0.193. The number of rotatable bonds is 7. The zero-order valence-electron chi connectivity index (χ0n) is 16.3. The van der Waals surface area contributed by atoms with Crippen LogP contribution in [0.1, 0.15) is 31.4 Å². The maximum Gasteiger partial charge on any atom is 0.179 e. The average molecular weight is 430 g/mol. The van der Waals surface area contributed by atoms with Gasteiger partial charge in [-0.2, -0.15) is 0 Å². The van der Waals surface area contributed by atoms with E-state index in [2.05, 4.69) is 52.0 Å². The van der Waals surface area contributed by atoms with Crippen molar-refractivity contribution in [1.82, 2.24) is 10.1 Å². The van der Waals surface area contributed by atoms with E-state index in [0.717, 1.165) is 36.6 Å². The molecule has 0 aliphatic carbocycles. The molecule has 1 aliphatic rings. The summed E-state index contributed by atoms with van der Waals surface area (Å²) in [6, 6.07) is 18.7. The first-order chi connectivity index (χ1) is 14.2. The number of ether oxygens (including phenoxy) is 1. The number of halogens is 1. The van der Waals surface area contributed by atoms with Gasteiger partial charge in [0.25, 0.3) is 0 Å². The van der Waals surface area contributed by atoms with Gasteiger partial charge < -0.3 is 14.0 Å². The Morgan fingerprint density at radius 1 is 1.17 bits per heavy atom. The summed E-state index contributed by atoms with van der Waals surface area (Å²) in [5.41, 5.74) is 1.36. The van der Waals surface area contributed by atoms with Crippen molar-refractivity contribution in [2.75, 3.05) is 17.8 Å². The zero-order chi connectivity index (χ0) is 20.1. The lowest BCUT2D eigenvalue weighted by Crippen LogP contribution is -2.39. The van der Waals surface area contributed by atoms with Crippen molar-refractivity contribution in [1.29, 1.82) is 0 Å². The topological polar surface area (TPSA) is 50.5 Å². The number of likely N-dealkylation sites (tertiary alicyclic amines) is 1. The summed E-state index contributed by atoms with van der Waals surface area (Å²) in [7, 11) is 0. The number of hydrogen-bond acceptors (Lipinski definition) is 6. The van der Waals surface area contributed by atoms with Crippen molar-refractivity contribution in [2.24, 2.45) is 0 Å². The molecule has 29 heavy (non-hydrogen) atoms. The fraction of sp³-hybridized carbons (Fsp3) is 0.318. The van der Waals surface area contributed by atoms with E-state index in [0.29, 0.717) is 16.9 Å². The van der Waals surface area contributed by atoms with Gasteiger partial charge in [-0.25, -0.2) is 0 Å². The Hall–Kier alpha value is -2.15. The summed E-state index contributed by atoms with van der Waals surface area (Å²) in [5, 5.41) is 4.44. The highest BCUT2D eigenvalue weighted by atomic mass is 35.5. The highest BCUT2D eigenvalue weighted by Gasteiger charge is 2.25. The summed E-state index contributed by atoms with van der Waals surface area (Å²) in [6.45, 7) is 4.32. The van der Waals surface area contributed by atoms with Crippen molar-refractivity contribution in [3.63, 3.8) is 0 Å². The third-order valence-electron chi connectivity index (χ3n) is 5.21. The molecule has 0 saturated carbocycles. The van der Waals surface area contributed by atoms with Crippen LogP contribution in [-0.4, -0.2) is 29.3 Å². The number of anilines is 1. The van der Waals surface area contributed by atoms with Crippen LogP contribution in [0.4, 0.5) is 5.82 Å². The molecule has 152 valence electrons. The summed E-state index contributed by atoms with van der Waals surface area (Å²) < 4.78 is 14.1. The molecule has 1 aromatic heterocycles. The minimum atomic E-state index is 0.193. The lowest BCUT2D eigenvalue weighted by molar-refractivity contribution is 0.0797. The molecule has 1 aliphatic heterocycles. The van der Waals surface area contributed by atoms with E-state index in [9.17, 15) is 0 Å². The van der Waals surface area contributed by atoms with Gasteiger partial charge in [-0.15, -0.1) is 0 Å². The predicted octanol–water partition coefficient (Wildman–Crippen LogP) is 6.05. The van der Waals surface area contributed by atoms with Gasteiger partial charge in [0.05, 0.1) is 5.02 Å². The fourth-order valence-corrected chi connectivity index (χ4v) is 4.45. The first-order valence-corrected chi connectivity index (χ1v) is 11.0. The van der Waals surface area contributed by atoms with E-state index in [4.69, 9.17) is 20.9 Å². The summed E-state index contributed by atoms with van der Waals surface area (Å²) in [4.78, 5) is 3.50. The molecule has 1 unspecified atom stereocenters. The average Bonchev–Trinajstić information content (AvgIpc) is 3.28. The van der Waals surface area contributed by atoms with Crippen LogP contribution in [0.3, 0.4) is 0 Å². The first-order valence-electron chi connectivity index (χ1n) is 9.77. The molecule has 1 atom stereocenters. The van der Waals surface area contributed by atoms with Crippen LogP contribution in [-0.2, 0) is 0 Å². The van der Waals surface area contributed by atoms with Crippen LogP contribution >= 0.6 is 23.5 Å². The van der Waals surface area contributed by atoms with Crippen molar-refractivity contribution < 1.29 is 9.26 Å². The summed E-state index contributed by atoms with van der Waals surface area (Å²) in [5.74, 6) is 1.41. The Labute approximate surface area is 180 Å². The van der Waals surface area contributed by atoms with Gasteiger partial charge in [0.15, 0.2) is 5.82 Å². The van der Waals surface area contributed by atoms with Gasteiger partial charge in [0.1, 0.15) is 18.1 Å². The van der Waals surface area contributed by atoms with Crippen LogP contribution in [0.5, 0.6) is 5.75 Å². The maximum atomic E-state index is 6.46. The highest BCUT2D eigenvalue weighted by molar-refractivity contribution is 8.00. The molecular weight excluding hydrogens is 406 g/mol. The maximum absolute atomic E-state index is 6.46. The number of aromatic nitrogens is 1. The largest absolute Gasteiger partial charge is 0.489 e. The minimum Gasteiger partial charge on any atom is -0.489 e. The van der Waals surface area contributed by atoms with E-state index in [-0.39, 0.29) is 6.10 Å². The number of nitrogens with one attached hydrogen (secondary N) is 1. The molecule has 0 radical (unpaired) electrons. The SMILES string of the molecule is CC(c1ccccc1)N1CCC(Oc2ccc(SNc3ccon3)cc2Cl)CC1. The molecule has 2 aromatic carbocycles. The Morgan fingerprint density at radius 3 is 2.66 bits per heavy atom. The van der Waals surface area contributed by atoms with Gasteiger partial charge in [0.2, 0.25) is 0 Å². The van der Waals surface area contributed by atoms with Crippen molar-refractivity contribution >= 4 is 29.4 Å². The van der Waals surface area contributed by atoms with E-state index in [1.54, 1.807) is 6.07 Å². The molecule has 7 heteroatoms. The molecule has 0 spiro atoms. The van der Waals surface area contributed by atoms with Crippen molar-refractivity contribution in [3.05, 3.63) is 71.4 Å². The van der Waals surface area contributed by atoms with Crippen LogP contribution in [0.25, 0.3) is 0 Å². The van der Waals surface area contributed by atoms with E-state index >= 15 is 0 Å². The summed E-state index contributed by atoms with van der Waals surface area (Å²) >= 11 is 7.89. The van der Waals surface area contributed by atoms with Crippen molar-refractivity contribution in [3.8, 4) is 5.75 Å². The van der Waals surface area contributed by atoms with Crippen LogP contribution in [0.2, 0.25) is 5.02 Å². The predicted molar refractivity (Wildman–Crippen MR) is 118 cm³/mol. The first kappa shape index (κ1) is 20.1. The normalized spacial score (nSPS) is 16.5. The third kappa shape index (κ3) is 5.26.